The van der Waals surface area contributed by atoms with Gasteiger partial charge in [0.2, 0.25) is 10.0 Å². The lowest BCUT2D eigenvalue weighted by molar-refractivity contribution is -0.139. The molecule has 2 heterocycles. The number of carbonyl (C=O) groups excluding carboxylic acids is 1. The number of sulfonamides is 1. The number of aromatic nitrogens is 1. The lowest BCUT2D eigenvalue weighted by Crippen LogP contribution is -2.53. The van der Waals surface area contributed by atoms with E-state index in [1.54, 1.807) is 49.2 Å². The first-order valence-electron chi connectivity index (χ1n) is 9.97. The number of hydrogen-bond donors (Lipinski definition) is 0. The van der Waals surface area contributed by atoms with Gasteiger partial charge in [0.15, 0.2) is 6.10 Å². The summed E-state index contributed by atoms with van der Waals surface area (Å²) in [5.74, 6) is 0.288. The van der Waals surface area contributed by atoms with Gasteiger partial charge in [-0.15, -0.1) is 0 Å². The second kappa shape index (κ2) is 8.86. The predicted molar refractivity (Wildman–Crippen MR) is 124 cm³/mol. The molecule has 170 valence electrons. The molecule has 1 aliphatic rings. The first-order chi connectivity index (χ1) is 15.2. The highest BCUT2D eigenvalue weighted by molar-refractivity contribution is 7.89. The number of nitrogens with zero attached hydrogens (tertiary/aromatic N) is 3. The summed E-state index contributed by atoms with van der Waals surface area (Å²) in [6.45, 7) is 2.55. The Morgan fingerprint density at radius 3 is 2.53 bits per heavy atom. The summed E-state index contributed by atoms with van der Waals surface area (Å²) in [5, 5.41) is 0.516. The van der Waals surface area contributed by atoms with Crippen LogP contribution in [0.1, 0.15) is 6.92 Å². The van der Waals surface area contributed by atoms with E-state index in [1.807, 2.05) is 0 Å². The number of amides is 1. The van der Waals surface area contributed by atoms with E-state index in [-0.39, 0.29) is 41.9 Å². The molecule has 1 aliphatic heterocycles. The molecule has 8 nitrogen and oxygen atoms in total. The Balaban J connectivity index is 1.42. The van der Waals surface area contributed by atoms with E-state index in [9.17, 15) is 18.0 Å². The Morgan fingerprint density at radius 2 is 1.84 bits per heavy atom. The van der Waals surface area contributed by atoms with Gasteiger partial charge in [-0.3, -0.25) is 9.59 Å². The van der Waals surface area contributed by atoms with Gasteiger partial charge in [0, 0.05) is 38.2 Å². The Bertz CT molecular complexity index is 1330. The maximum atomic E-state index is 13.1. The molecule has 0 spiro atoms. The van der Waals surface area contributed by atoms with E-state index < -0.39 is 16.1 Å². The number of thiazole rings is 1. The summed E-state index contributed by atoms with van der Waals surface area (Å²) in [5.41, 5.74) is 0.697. The van der Waals surface area contributed by atoms with Crippen LogP contribution in [0.15, 0.2) is 52.2 Å². The number of fused-ring (bicyclic) bond motifs is 1. The molecule has 1 aromatic heterocycles. The summed E-state index contributed by atoms with van der Waals surface area (Å²) in [6, 6.07) is 11.5. The number of carbonyl (C=O) groups is 1. The summed E-state index contributed by atoms with van der Waals surface area (Å²) in [7, 11) is -2.08. The van der Waals surface area contributed by atoms with Crippen molar-refractivity contribution in [3.05, 3.63) is 57.2 Å². The zero-order valence-electron chi connectivity index (χ0n) is 17.5. The first kappa shape index (κ1) is 22.8. The van der Waals surface area contributed by atoms with Crippen LogP contribution >= 0.6 is 22.9 Å². The molecule has 1 unspecified atom stereocenters. The Hall–Kier alpha value is -2.40. The lowest BCUT2D eigenvalue weighted by Gasteiger charge is -2.35. The summed E-state index contributed by atoms with van der Waals surface area (Å²) in [6.07, 6.45) is -0.722. The lowest BCUT2D eigenvalue weighted by atomic mass is 10.2. The number of piperazine rings is 1. The molecule has 0 N–H and O–H groups in total. The number of aryl methyl sites for hydroxylation is 1. The van der Waals surface area contributed by atoms with Crippen LogP contribution in [0.4, 0.5) is 0 Å². The molecule has 2 aromatic carbocycles. The van der Waals surface area contributed by atoms with Crippen LogP contribution in [0.25, 0.3) is 10.2 Å². The molecule has 0 aliphatic carbocycles. The molecule has 0 radical (unpaired) electrons. The minimum atomic E-state index is -3.73. The average molecular weight is 496 g/mol. The first-order valence-corrected chi connectivity index (χ1v) is 12.6. The second-order valence-corrected chi connectivity index (χ2v) is 10.9. The topological polar surface area (TPSA) is 88.9 Å². The van der Waals surface area contributed by atoms with Gasteiger partial charge >= 0.3 is 4.87 Å². The van der Waals surface area contributed by atoms with Gasteiger partial charge in [0.1, 0.15) is 5.75 Å². The highest BCUT2D eigenvalue weighted by Crippen LogP contribution is 2.25. The second-order valence-electron chi connectivity index (χ2n) is 7.50. The minimum absolute atomic E-state index is 0.143. The molecule has 1 amide bonds. The molecule has 1 atom stereocenters. The molecule has 0 saturated carbocycles. The zero-order valence-corrected chi connectivity index (χ0v) is 19.9. The van der Waals surface area contributed by atoms with Crippen molar-refractivity contribution in [2.75, 3.05) is 26.2 Å². The number of ether oxygens (including phenoxy) is 1. The standard InChI is InChI=1S/C21H22ClN3O5S2/c1-14(30-16-5-3-4-15(22)12-16)20(26)24-8-10-25(11-9-24)32(28,29)17-6-7-18-19(13-17)31-21(27)23(18)2/h3-7,12-14H,8-11H2,1-2H3. The molecule has 1 saturated heterocycles. The number of hydrogen-bond acceptors (Lipinski definition) is 6. The van der Waals surface area contributed by atoms with Gasteiger partial charge in [-0.2, -0.15) is 4.31 Å². The average Bonchev–Trinajstić information content (AvgIpc) is 3.06. The zero-order chi connectivity index (χ0) is 23.0. The van der Waals surface area contributed by atoms with Crippen LogP contribution in [0.2, 0.25) is 5.02 Å². The number of rotatable bonds is 5. The summed E-state index contributed by atoms with van der Waals surface area (Å²) in [4.78, 5) is 26.2. The Labute approximate surface area is 194 Å². The normalized spacial score (nSPS) is 16.3. The third kappa shape index (κ3) is 4.40. The van der Waals surface area contributed by atoms with Crippen LogP contribution in [-0.2, 0) is 21.9 Å². The maximum absolute atomic E-state index is 13.1. The van der Waals surface area contributed by atoms with Crippen LogP contribution in [0.3, 0.4) is 0 Å². The van der Waals surface area contributed by atoms with E-state index in [2.05, 4.69) is 0 Å². The smallest absolute Gasteiger partial charge is 0.307 e. The Kier molecular flexibility index (Phi) is 6.30. The quantitative estimate of drug-likeness (QED) is 0.542. The van der Waals surface area contributed by atoms with Crippen LogP contribution in [0, 0.1) is 0 Å². The van der Waals surface area contributed by atoms with E-state index in [4.69, 9.17) is 16.3 Å². The molecular formula is C21H22ClN3O5S2. The summed E-state index contributed by atoms with van der Waals surface area (Å²) < 4.78 is 35.4. The van der Waals surface area contributed by atoms with Gasteiger partial charge < -0.3 is 14.2 Å². The van der Waals surface area contributed by atoms with Gasteiger partial charge in [-0.25, -0.2) is 8.42 Å². The van der Waals surface area contributed by atoms with Crippen molar-refractivity contribution < 1.29 is 17.9 Å². The maximum Gasteiger partial charge on any atom is 0.307 e. The van der Waals surface area contributed by atoms with E-state index in [1.165, 1.54) is 21.0 Å². The van der Waals surface area contributed by atoms with E-state index in [0.29, 0.717) is 21.0 Å². The van der Waals surface area contributed by atoms with Crippen molar-refractivity contribution in [3.8, 4) is 5.75 Å². The van der Waals surface area contributed by atoms with Crippen molar-refractivity contribution >= 4 is 49.1 Å². The third-order valence-electron chi connectivity index (χ3n) is 5.41. The fourth-order valence-corrected chi connectivity index (χ4v) is 6.25. The predicted octanol–water partition coefficient (Wildman–Crippen LogP) is 2.55. The molecule has 3 aromatic rings. The highest BCUT2D eigenvalue weighted by atomic mass is 35.5. The van der Waals surface area contributed by atoms with Crippen molar-refractivity contribution in [1.29, 1.82) is 0 Å². The molecule has 32 heavy (non-hydrogen) atoms. The molecule has 0 bridgehead atoms. The molecule has 11 heteroatoms. The van der Waals surface area contributed by atoms with Gasteiger partial charge in [-0.05, 0) is 43.3 Å². The van der Waals surface area contributed by atoms with Gasteiger partial charge in [0.25, 0.3) is 5.91 Å². The Morgan fingerprint density at radius 1 is 1.12 bits per heavy atom. The van der Waals surface area contributed by atoms with Crippen LogP contribution in [0.5, 0.6) is 5.75 Å². The van der Waals surface area contributed by atoms with Crippen molar-refractivity contribution in [3.63, 3.8) is 0 Å². The van der Waals surface area contributed by atoms with Crippen LogP contribution < -0.4 is 9.61 Å². The monoisotopic (exact) mass is 495 g/mol. The number of benzene rings is 2. The van der Waals surface area contributed by atoms with Crippen molar-refractivity contribution in [2.24, 2.45) is 7.05 Å². The third-order valence-corrected chi connectivity index (χ3v) is 8.53. The SMILES string of the molecule is CC(Oc1cccc(Cl)c1)C(=O)N1CCN(S(=O)(=O)c2ccc3c(c2)sc(=O)n3C)CC1. The van der Waals surface area contributed by atoms with Gasteiger partial charge in [0.05, 0.1) is 15.1 Å². The fraction of sp³-hybridized carbons (Fsp3) is 0.333. The largest absolute Gasteiger partial charge is 0.481 e. The van der Waals surface area contributed by atoms with E-state index in [0.717, 1.165) is 11.3 Å². The highest BCUT2D eigenvalue weighted by Gasteiger charge is 2.32. The molecule has 4 rings (SSSR count). The minimum Gasteiger partial charge on any atom is -0.481 e. The van der Waals surface area contributed by atoms with Gasteiger partial charge in [-0.1, -0.05) is 29.0 Å². The summed E-state index contributed by atoms with van der Waals surface area (Å²) >= 11 is 6.97. The fourth-order valence-electron chi connectivity index (χ4n) is 3.62. The van der Waals surface area contributed by atoms with Crippen molar-refractivity contribution in [2.45, 2.75) is 17.9 Å². The molecule has 1 fully saturated rings. The molecular weight excluding hydrogens is 474 g/mol. The van der Waals surface area contributed by atoms with Crippen LogP contribution in [-0.4, -0.2) is 60.4 Å². The number of halogens is 1. The van der Waals surface area contributed by atoms with Crippen molar-refractivity contribution in [1.82, 2.24) is 13.8 Å². The van der Waals surface area contributed by atoms with E-state index >= 15 is 0 Å².